The van der Waals surface area contributed by atoms with E-state index in [-0.39, 0.29) is 5.91 Å². The number of para-hydroxylation sites is 1. The van der Waals surface area contributed by atoms with Crippen LogP contribution in [-0.2, 0) is 0 Å². The Morgan fingerprint density at radius 1 is 1.21 bits per heavy atom. The first-order valence-corrected chi connectivity index (χ1v) is 6.00. The molecule has 0 radical (unpaired) electrons. The number of hydrogen-bond acceptors (Lipinski definition) is 1. The zero-order chi connectivity index (χ0) is 14.6. The second kappa shape index (κ2) is 6.01. The van der Waals surface area contributed by atoms with Crippen molar-refractivity contribution in [2.75, 3.05) is 0 Å². The van der Waals surface area contributed by atoms with Crippen molar-refractivity contribution >= 4 is 16.8 Å². The number of hydrogen-bond donors (Lipinski definition) is 0. The number of aryl methyl sites for hydroxylation is 1. The first kappa shape index (κ1) is 14.7. The molecular weight excluding hydrogens is 234 g/mol. The molecule has 1 aromatic carbocycles. The third-order valence-electron chi connectivity index (χ3n) is 3.15. The van der Waals surface area contributed by atoms with Crippen LogP contribution in [0.2, 0.25) is 0 Å². The summed E-state index contributed by atoms with van der Waals surface area (Å²) in [6, 6.07) is 7.88. The number of allylic oxidation sites excluding steroid dienone is 2. The minimum Gasteiger partial charge on any atom is -0.280 e. The summed E-state index contributed by atoms with van der Waals surface area (Å²) in [5.41, 5.74) is 3.43. The largest absolute Gasteiger partial charge is 0.280 e. The molecule has 0 saturated carbocycles. The molecule has 1 aromatic heterocycles. The maximum Gasteiger partial charge on any atom is 0.261 e. The van der Waals surface area contributed by atoms with Gasteiger partial charge in [0.05, 0.1) is 5.52 Å². The Labute approximate surface area is 114 Å². The molecule has 0 fully saturated rings. The van der Waals surface area contributed by atoms with Crippen molar-refractivity contribution in [3.05, 3.63) is 73.5 Å². The average Bonchev–Trinajstić information content (AvgIpc) is 2.72. The van der Waals surface area contributed by atoms with Gasteiger partial charge in [0.25, 0.3) is 5.91 Å². The van der Waals surface area contributed by atoms with Gasteiger partial charge in [0.2, 0.25) is 0 Å². The lowest BCUT2D eigenvalue weighted by Crippen LogP contribution is -2.13. The predicted molar refractivity (Wildman–Crippen MR) is 82.6 cm³/mol. The molecule has 0 bridgehead atoms. The van der Waals surface area contributed by atoms with E-state index in [2.05, 4.69) is 26.3 Å². The molecule has 2 rings (SSSR count). The van der Waals surface area contributed by atoms with E-state index in [1.54, 1.807) is 4.57 Å². The van der Waals surface area contributed by atoms with Gasteiger partial charge in [-0.3, -0.25) is 9.36 Å². The molecule has 1 heterocycles. The molecule has 0 aliphatic heterocycles. The highest BCUT2D eigenvalue weighted by Gasteiger charge is 2.16. The Kier molecular flexibility index (Phi) is 4.65. The standard InChI is InChI=1S/C15H15NO.C2H4/c1-5-10(2)15(17)16-12(4)11(3)13-8-6-7-9-14(13)16;1-2/h5-9H,1-2H2,3-4H3;1-2H2. The number of benzene rings is 1. The Morgan fingerprint density at radius 2 is 1.79 bits per heavy atom. The minimum absolute atomic E-state index is 0.109. The smallest absolute Gasteiger partial charge is 0.261 e. The highest BCUT2D eigenvalue weighted by molar-refractivity contribution is 6.04. The van der Waals surface area contributed by atoms with E-state index >= 15 is 0 Å². The second-order valence-corrected chi connectivity index (χ2v) is 4.10. The highest BCUT2D eigenvalue weighted by Crippen LogP contribution is 2.25. The van der Waals surface area contributed by atoms with E-state index in [1.165, 1.54) is 6.08 Å². The number of carbonyl (C=O) groups excluding carboxylic acids is 1. The van der Waals surface area contributed by atoms with E-state index in [0.717, 1.165) is 22.2 Å². The van der Waals surface area contributed by atoms with E-state index in [9.17, 15) is 4.79 Å². The van der Waals surface area contributed by atoms with Gasteiger partial charge >= 0.3 is 0 Å². The van der Waals surface area contributed by atoms with Crippen molar-refractivity contribution in [2.24, 2.45) is 0 Å². The van der Waals surface area contributed by atoms with E-state index in [4.69, 9.17) is 0 Å². The van der Waals surface area contributed by atoms with Crippen LogP contribution >= 0.6 is 0 Å². The Morgan fingerprint density at radius 3 is 2.37 bits per heavy atom. The van der Waals surface area contributed by atoms with Gasteiger partial charge in [-0.05, 0) is 25.5 Å². The lowest BCUT2D eigenvalue weighted by molar-refractivity contribution is 0.0962. The Bertz CT molecular complexity index is 647. The van der Waals surface area contributed by atoms with Crippen molar-refractivity contribution < 1.29 is 4.79 Å². The summed E-state index contributed by atoms with van der Waals surface area (Å²) in [4.78, 5) is 12.2. The van der Waals surface area contributed by atoms with Crippen LogP contribution in [0.5, 0.6) is 0 Å². The zero-order valence-corrected chi connectivity index (χ0v) is 11.6. The summed E-state index contributed by atoms with van der Waals surface area (Å²) in [6.07, 6.45) is 1.49. The molecule has 2 nitrogen and oxygen atoms in total. The predicted octanol–water partition coefficient (Wildman–Crippen LogP) is 4.44. The molecule has 2 aromatic rings. The van der Waals surface area contributed by atoms with Crippen LogP contribution in [0.1, 0.15) is 16.1 Å². The van der Waals surface area contributed by atoms with Crippen LogP contribution in [-0.4, -0.2) is 10.5 Å². The Hall–Kier alpha value is -2.35. The zero-order valence-electron chi connectivity index (χ0n) is 11.6. The summed E-state index contributed by atoms with van der Waals surface area (Å²) >= 11 is 0. The van der Waals surface area contributed by atoms with Gasteiger partial charge in [-0.25, -0.2) is 0 Å². The Balaban J connectivity index is 0.000000861. The van der Waals surface area contributed by atoms with Gasteiger partial charge in [0, 0.05) is 16.7 Å². The molecule has 98 valence electrons. The van der Waals surface area contributed by atoms with Crippen molar-refractivity contribution in [3.8, 4) is 0 Å². The minimum atomic E-state index is -0.109. The first-order chi connectivity index (χ1) is 9.07. The molecule has 0 amide bonds. The van der Waals surface area contributed by atoms with Gasteiger partial charge in [-0.2, -0.15) is 0 Å². The molecule has 0 unspecified atom stereocenters. The van der Waals surface area contributed by atoms with Crippen LogP contribution in [0.25, 0.3) is 10.9 Å². The van der Waals surface area contributed by atoms with Crippen LogP contribution in [0.3, 0.4) is 0 Å². The van der Waals surface area contributed by atoms with Crippen LogP contribution in [0.15, 0.2) is 62.2 Å². The van der Waals surface area contributed by atoms with E-state index in [0.29, 0.717) is 5.57 Å². The van der Waals surface area contributed by atoms with Crippen molar-refractivity contribution in [3.63, 3.8) is 0 Å². The van der Waals surface area contributed by atoms with Gasteiger partial charge in [-0.1, -0.05) is 37.4 Å². The van der Waals surface area contributed by atoms with Crippen molar-refractivity contribution in [1.29, 1.82) is 0 Å². The van der Waals surface area contributed by atoms with Crippen LogP contribution < -0.4 is 0 Å². The molecule has 0 atom stereocenters. The average molecular weight is 253 g/mol. The highest BCUT2D eigenvalue weighted by atomic mass is 16.2. The van der Waals surface area contributed by atoms with E-state index < -0.39 is 0 Å². The first-order valence-electron chi connectivity index (χ1n) is 6.00. The molecule has 0 spiro atoms. The molecule has 0 N–H and O–H groups in total. The van der Waals surface area contributed by atoms with Gasteiger partial charge in [0.1, 0.15) is 0 Å². The molecule has 2 heteroatoms. The number of aromatic nitrogens is 1. The molecular formula is C17H19NO. The van der Waals surface area contributed by atoms with Crippen molar-refractivity contribution in [2.45, 2.75) is 13.8 Å². The lowest BCUT2D eigenvalue weighted by atomic mass is 10.2. The maximum atomic E-state index is 12.2. The maximum absolute atomic E-state index is 12.2. The monoisotopic (exact) mass is 253 g/mol. The SMILES string of the molecule is C=C.C=CC(=C)C(=O)n1c(C)c(C)c2ccccc21. The van der Waals surface area contributed by atoms with Crippen molar-refractivity contribution in [1.82, 2.24) is 4.57 Å². The van der Waals surface area contributed by atoms with Crippen LogP contribution in [0, 0.1) is 13.8 Å². The normalized spacial score (nSPS) is 9.58. The van der Waals surface area contributed by atoms with Gasteiger partial charge in [-0.15, -0.1) is 13.2 Å². The second-order valence-electron chi connectivity index (χ2n) is 4.10. The fourth-order valence-corrected chi connectivity index (χ4v) is 2.02. The fraction of sp³-hybridized carbons (Fsp3) is 0.118. The number of nitrogens with zero attached hydrogens (tertiary/aromatic N) is 1. The summed E-state index contributed by atoms with van der Waals surface area (Å²) < 4.78 is 1.70. The van der Waals surface area contributed by atoms with Gasteiger partial charge in [0.15, 0.2) is 0 Å². The van der Waals surface area contributed by atoms with Gasteiger partial charge < -0.3 is 0 Å². The molecule has 19 heavy (non-hydrogen) atoms. The molecule has 0 saturated heterocycles. The summed E-state index contributed by atoms with van der Waals surface area (Å²) in [6.45, 7) is 17.3. The quantitative estimate of drug-likeness (QED) is 0.440. The number of fused-ring (bicyclic) bond motifs is 1. The number of rotatable bonds is 2. The summed E-state index contributed by atoms with van der Waals surface area (Å²) in [7, 11) is 0. The fourth-order valence-electron chi connectivity index (χ4n) is 2.02. The molecule has 0 aliphatic carbocycles. The lowest BCUT2D eigenvalue weighted by Gasteiger charge is -2.06. The van der Waals surface area contributed by atoms with E-state index in [1.807, 2.05) is 38.1 Å². The van der Waals surface area contributed by atoms with Crippen LogP contribution in [0.4, 0.5) is 0 Å². The third kappa shape index (κ3) is 2.43. The summed E-state index contributed by atoms with van der Waals surface area (Å²) in [5.74, 6) is -0.109. The third-order valence-corrected chi connectivity index (χ3v) is 3.15. The molecule has 0 aliphatic rings. The number of carbonyl (C=O) groups is 1. The summed E-state index contributed by atoms with van der Waals surface area (Å²) in [5, 5.41) is 1.11. The topological polar surface area (TPSA) is 22.0 Å².